The van der Waals surface area contributed by atoms with Crippen molar-refractivity contribution < 1.29 is 19.5 Å². The number of hydrogen-bond acceptors (Lipinski definition) is 4. The van der Waals surface area contributed by atoms with Crippen LogP contribution in [0.15, 0.2) is 12.1 Å². The van der Waals surface area contributed by atoms with Crippen molar-refractivity contribution in [3.8, 4) is 11.5 Å². The van der Waals surface area contributed by atoms with E-state index in [-0.39, 0.29) is 11.5 Å². The van der Waals surface area contributed by atoms with Gasteiger partial charge in [-0.05, 0) is 52.3 Å². The molecule has 0 saturated carbocycles. The molecule has 1 aromatic rings. The molecule has 0 aliphatic carbocycles. The molecule has 1 aliphatic rings. The van der Waals surface area contributed by atoms with Crippen molar-refractivity contribution >= 4 is 12.6 Å². The number of rotatable bonds is 1. The third kappa shape index (κ3) is 1.97. The Balaban J connectivity index is 2.42. The van der Waals surface area contributed by atoms with Crippen LogP contribution in [0.1, 0.15) is 33.3 Å². The molecule has 1 saturated heterocycles. The average Bonchev–Trinajstić information content (AvgIpc) is 2.32. The molecule has 98 valence electrons. The lowest BCUT2D eigenvalue weighted by Crippen LogP contribution is -2.41. The van der Waals surface area contributed by atoms with E-state index < -0.39 is 18.3 Å². The first-order valence-corrected chi connectivity index (χ1v) is 6.02. The first kappa shape index (κ1) is 13.2. The second-order valence-corrected chi connectivity index (χ2v) is 5.81. The second-order valence-electron chi connectivity index (χ2n) is 5.81. The fourth-order valence-corrected chi connectivity index (χ4v) is 1.96. The van der Waals surface area contributed by atoms with Gasteiger partial charge in [-0.1, -0.05) is 0 Å². The largest absolute Gasteiger partial charge is 0.508 e. The van der Waals surface area contributed by atoms with Gasteiger partial charge in [0.15, 0.2) is 0 Å². The number of phenols is 2. The molecule has 1 aliphatic heterocycles. The zero-order valence-electron chi connectivity index (χ0n) is 11.4. The number of aromatic hydroxyl groups is 2. The van der Waals surface area contributed by atoms with Crippen LogP contribution >= 0.6 is 0 Å². The molecule has 0 spiro atoms. The summed E-state index contributed by atoms with van der Waals surface area (Å²) in [6, 6.07) is 3.17. The molecule has 1 heterocycles. The van der Waals surface area contributed by atoms with Crippen LogP contribution in [-0.2, 0) is 9.31 Å². The van der Waals surface area contributed by atoms with Gasteiger partial charge in [0.05, 0.1) is 16.7 Å². The number of aryl methyl sites for hydroxylation is 1. The molecular formula is C13H19BO4. The van der Waals surface area contributed by atoms with Crippen LogP contribution in [0.5, 0.6) is 11.5 Å². The van der Waals surface area contributed by atoms with Crippen molar-refractivity contribution in [2.75, 3.05) is 0 Å². The highest BCUT2D eigenvalue weighted by molar-refractivity contribution is 6.64. The van der Waals surface area contributed by atoms with Crippen LogP contribution < -0.4 is 5.46 Å². The summed E-state index contributed by atoms with van der Waals surface area (Å²) in [6.45, 7) is 9.50. The molecule has 0 aromatic heterocycles. The summed E-state index contributed by atoms with van der Waals surface area (Å²) < 4.78 is 11.6. The SMILES string of the molecule is Cc1cc(O)c(B2OC(C)(C)C(C)(C)O2)c(O)c1. The van der Waals surface area contributed by atoms with Gasteiger partial charge in [-0.15, -0.1) is 0 Å². The molecule has 0 amide bonds. The quantitative estimate of drug-likeness (QED) is 0.745. The van der Waals surface area contributed by atoms with Crippen molar-refractivity contribution in [2.24, 2.45) is 0 Å². The van der Waals surface area contributed by atoms with Gasteiger partial charge in [0.25, 0.3) is 0 Å². The van der Waals surface area contributed by atoms with E-state index in [1.54, 1.807) is 19.1 Å². The molecule has 5 heteroatoms. The fraction of sp³-hybridized carbons (Fsp3) is 0.538. The van der Waals surface area contributed by atoms with Gasteiger partial charge in [0, 0.05) is 0 Å². The Hall–Kier alpha value is -1.20. The summed E-state index contributed by atoms with van der Waals surface area (Å²) in [6.07, 6.45) is 0. The normalized spacial score (nSPS) is 21.3. The summed E-state index contributed by atoms with van der Waals surface area (Å²) in [5, 5.41) is 19.9. The smallest absolute Gasteiger partial charge is 0.502 e. The zero-order valence-corrected chi connectivity index (χ0v) is 11.4. The van der Waals surface area contributed by atoms with Crippen molar-refractivity contribution in [1.82, 2.24) is 0 Å². The first-order valence-electron chi connectivity index (χ1n) is 6.02. The Morgan fingerprint density at radius 1 is 0.944 bits per heavy atom. The topological polar surface area (TPSA) is 58.9 Å². The number of phenolic OH excluding ortho intramolecular Hbond substituents is 2. The van der Waals surface area contributed by atoms with Gasteiger partial charge in [-0.25, -0.2) is 0 Å². The van der Waals surface area contributed by atoms with Gasteiger partial charge in [0.1, 0.15) is 11.5 Å². The van der Waals surface area contributed by atoms with Crippen LogP contribution in [0.3, 0.4) is 0 Å². The minimum atomic E-state index is -0.754. The summed E-state index contributed by atoms with van der Waals surface area (Å²) in [4.78, 5) is 0. The summed E-state index contributed by atoms with van der Waals surface area (Å²) >= 11 is 0. The van der Waals surface area contributed by atoms with Gasteiger partial charge in [-0.3, -0.25) is 0 Å². The lowest BCUT2D eigenvalue weighted by atomic mass is 9.77. The van der Waals surface area contributed by atoms with E-state index in [1.165, 1.54) is 0 Å². The van der Waals surface area contributed by atoms with E-state index in [2.05, 4.69) is 0 Å². The number of benzene rings is 1. The molecule has 0 bridgehead atoms. The van der Waals surface area contributed by atoms with Gasteiger partial charge in [0.2, 0.25) is 0 Å². The van der Waals surface area contributed by atoms with E-state index in [0.717, 1.165) is 5.56 Å². The molecule has 2 rings (SSSR count). The Bertz CT molecular complexity index is 443. The monoisotopic (exact) mass is 250 g/mol. The molecular weight excluding hydrogens is 231 g/mol. The maximum Gasteiger partial charge on any atom is 0.502 e. The van der Waals surface area contributed by atoms with E-state index in [1.807, 2.05) is 27.7 Å². The Kier molecular flexibility index (Phi) is 2.87. The van der Waals surface area contributed by atoms with Crippen molar-refractivity contribution in [1.29, 1.82) is 0 Å². The second kappa shape index (κ2) is 3.90. The Labute approximate surface area is 108 Å². The minimum Gasteiger partial charge on any atom is -0.508 e. The molecule has 4 nitrogen and oxygen atoms in total. The van der Waals surface area contributed by atoms with Crippen molar-refractivity contribution in [3.05, 3.63) is 17.7 Å². The highest BCUT2D eigenvalue weighted by Gasteiger charge is 2.53. The van der Waals surface area contributed by atoms with Crippen LogP contribution in [0.25, 0.3) is 0 Å². The Morgan fingerprint density at radius 3 is 1.72 bits per heavy atom. The zero-order chi connectivity index (χ0) is 13.7. The summed E-state index contributed by atoms with van der Waals surface area (Å²) in [5.74, 6) is -0.0167. The Morgan fingerprint density at radius 2 is 1.33 bits per heavy atom. The van der Waals surface area contributed by atoms with Crippen molar-refractivity contribution in [3.63, 3.8) is 0 Å². The molecule has 0 unspecified atom stereocenters. The van der Waals surface area contributed by atoms with Gasteiger partial charge < -0.3 is 19.5 Å². The van der Waals surface area contributed by atoms with Gasteiger partial charge >= 0.3 is 7.12 Å². The molecule has 0 atom stereocenters. The lowest BCUT2D eigenvalue weighted by molar-refractivity contribution is 0.00578. The average molecular weight is 250 g/mol. The predicted octanol–water partition coefficient (Wildman–Crippen LogP) is 1.71. The first-order chi connectivity index (χ1) is 8.14. The molecule has 1 aromatic carbocycles. The molecule has 2 N–H and O–H groups in total. The third-order valence-corrected chi connectivity index (χ3v) is 3.77. The van der Waals surface area contributed by atoms with Crippen LogP contribution in [-0.4, -0.2) is 28.5 Å². The van der Waals surface area contributed by atoms with Crippen LogP contribution in [0.2, 0.25) is 0 Å². The molecule has 1 fully saturated rings. The third-order valence-electron chi connectivity index (χ3n) is 3.77. The number of hydrogen-bond donors (Lipinski definition) is 2. The summed E-state index contributed by atoms with van der Waals surface area (Å²) in [5.41, 5.74) is 0.0765. The highest BCUT2D eigenvalue weighted by Crippen LogP contribution is 2.38. The molecule has 18 heavy (non-hydrogen) atoms. The van der Waals surface area contributed by atoms with E-state index in [9.17, 15) is 10.2 Å². The lowest BCUT2D eigenvalue weighted by Gasteiger charge is -2.32. The predicted molar refractivity (Wildman–Crippen MR) is 70.2 cm³/mol. The molecule has 0 radical (unpaired) electrons. The van der Waals surface area contributed by atoms with E-state index in [4.69, 9.17) is 9.31 Å². The summed E-state index contributed by atoms with van der Waals surface area (Å²) in [7, 11) is -0.754. The highest BCUT2D eigenvalue weighted by atomic mass is 16.7. The minimum absolute atomic E-state index is 0.00833. The van der Waals surface area contributed by atoms with E-state index in [0.29, 0.717) is 5.46 Å². The van der Waals surface area contributed by atoms with Crippen LogP contribution in [0.4, 0.5) is 0 Å². The van der Waals surface area contributed by atoms with Gasteiger partial charge in [-0.2, -0.15) is 0 Å². The van der Waals surface area contributed by atoms with Crippen LogP contribution in [0, 0.1) is 6.92 Å². The fourth-order valence-electron chi connectivity index (χ4n) is 1.96. The maximum atomic E-state index is 9.95. The van der Waals surface area contributed by atoms with E-state index >= 15 is 0 Å². The maximum absolute atomic E-state index is 9.95. The standard InChI is InChI=1S/C13H19BO4/c1-8-6-9(15)11(10(16)7-8)14-17-12(2,3)13(4,5)18-14/h6-7,15-16H,1-5H3. The van der Waals surface area contributed by atoms with Crippen molar-refractivity contribution in [2.45, 2.75) is 45.8 Å².